The summed E-state index contributed by atoms with van der Waals surface area (Å²) >= 11 is 0. The van der Waals surface area contributed by atoms with E-state index < -0.39 is 6.36 Å². The first-order chi connectivity index (χ1) is 12.5. The van der Waals surface area contributed by atoms with Crippen LogP contribution in [0.25, 0.3) is 28.2 Å². The summed E-state index contributed by atoms with van der Waals surface area (Å²) in [4.78, 5) is 12.2. The van der Waals surface area contributed by atoms with Crippen LogP contribution in [-0.2, 0) is 0 Å². The van der Waals surface area contributed by atoms with Crippen LogP contribution in [0.5, 0.6) is 5.75 Å². The number of hydrogen-bond acceptors (Lipinski definition) is 5. The number of fused-ring (bicyclic) bond motifs is 1. The third-order valence-electron chi connectivity index (χ3n) is 3.58. The summed E-state index contributed by atoms with van der Waals surface area (Å²) in [5.74, 6) is -0.308. The Morgan fingerprint density at radius 3 is 2.50 bits per heavy atom. The van der Waals surface area contributed by atoms with E-state index in [1.807, 2.05) is 0 Å². The van der Waals surface area contributed by atoms with Crippen molar-refractivity contribution in [3.8, 4) is 28.3 Å². The van der Waals surface area contributed by atoms with Gasteiger partial charge in [-0.1, -0.05) is 12.1 Å². The van der Waals surface area contributed by atoms with Crippen molar-refractivity contribution in [1.29, 1.82) is 0 Å². The van der Waals surface area contributed by atoms with Crippen LogP contribution in [0.4, 0.5) is 13.2 Å². The number of imidazole rings is 1. The normalized spacial score (nSPS) is 11.7. The second-order valence-electron chi connectivity index (χ2n) is 5.33. The fraction of sp³-hybridized carbons (Fsp3) is 0.0588. The van der Waals surface area contributed by atoms with Crippen molar-refractivity contribution in [3.63, 3.8) is 0 Å². The summed E-state index contributed by atoms with van der Waals surface area (Å²) in [6.45, 7) is 0. The lowest BCUT2D eigenvalue weighted by atomic mass is 10.1. The van der Waals surface area contributed by atoms with Crippen LogP contribution in [-0.4, -0.2) is 30.9 Å². The van der Waals surface area contributed by atoms with E-state index in [1.54, 1.807) is 41.3 Å². The molecule has 3 aromatic heterocycles. The van der Waals surface area contributed by atoms with Crippen LogP contribution in [0.1, 0.15) is 0 Å². The SMILES string of the molecule is FC(F)(F)Oc1cccc(-c2cnc3ccc(-c4cncnc4)nn23)c1. The Hall–Kier alpha value is -3.49. The second kappa shape index (κ2) is 6.10. The van der Waals surface area contributed by atoms with Crippen molar-refractivity contribution in [1.82, 2.24) is 24.6 Å². The van der Waals surface area contributed by atoms with E-state index in [9.17, 15) is 13.2 Å². The zero-order valence-corrected chi connectivity index (χ0v) is 13.1. The van der Waals surface area contributed by atoms with Gasteiger partial charge in [0.15, 0.2) is 5.65 Å². The average molecular weight is 357 g/mol. The molecule has 0 saturated heterocycles. The Bertz CT molecular complexity index is 1060. The summed E-state index contributed by atoms with van der Waals surface area (Å²) < 4.78 is 42.9. The first-order valence-electron chi connectivity index (χ1n) is 7.46. The van der Waals surface area contributed by atoms with Crippen molar-refractivity contribution >= 4 is 5.65 Å². The molecular weight excluding hydrogens is 347 g/mol. The van der Waals surface area contributed by atoms with E-state index in [1.165, 1.54) is 24.5 Å². The van der Waals surface area contributed by atoms with E-state index >= 15 is 0 Å². The molecule has 0 aliphatic heterocycles. The lowest BCUT2D eigenvalue weighted by molar-refractivity contribution is -0.274. The molecule has 0 spiro atoms. The van der Waals surface area contributed by atoms with Crippen molar-refractivity contribution in [2.75, 3.05) is 0 Å². The molecule has 0 N–H and O–H groups in total. The highest BCUT2D eigenvalue weighted by Crippen LogP contribution is 2.28. The fourth-order valence-corrected chi connectivity index (χ4v) is 2.51. The van der Waals surface area contributed by atoms with Gasteiger partial charge in [-0.25, -0.2) is 19.5 Å². The second-order valence-corrected chi connectivity index (χ2v) is 5.33. The first kappa shape index (κ1) is 16.0. The molecule has 4 aromatic rings. The molecule has 0 fully saturated rings. The molecule has 1 aromatic carbocycles. The number of aromatic nitrogens is 5. The van der Waals surface area contributed by atoms with E-state index in [4.69, 9.17) is 0 Å². The predicted octanol–water partition coefficient (Wildman–Crippen LogP) is 3.75. The maximum atomic E-state index is 12.4. The number of ether oxygens (including phenoxy) is 1. The first-order valence-corrected chi connectivity index (χ1v) is 7.46. The van der Waals surface area contributed by atoms with Gasteiger partial charge in [-0.15, -0.1) is 13.2 Å². The van der Waals surface area contributed by atoms with Gasteiger partial charge >= 0.3 is 6.36 Å². The predicted molar refractivity (Wildman–Crippen MR) is 86.1 cm³/mol. The zero-order valence-electron chi connectivity index (χ0n) is 13.1. The van der Waals surface area contributed by atoms with Crippen LogP contribution < -0.4 is 4.74 Å². The van der Waals surface area contributed by atoms with E-state index in [-0.39, 0.29) is 5.75 Å². The van der Waals surface area contributed by atoms with E-state index in [0.29, 0.717) is 28.2 Å². The molecule has 6 nitrogen and oxygen atoms in total. The van der Waals surface area contributed by atoms with Gasteiger partial charge in [0.05, 0.1) is 17.6 Å². The monoisotopic (exact) mass is 357 g/mol. The topological polar surface area (TPSA) is 65.2 Å². The molecule has 0 atom stereocenters. The Balaban J connectivity index is 1.79. The fourth-order valence-electron chi connectivity index (χ4n) is 2.51. The van der Waals surface area contributed by atoms with E-state index in [0.717, 1.165) is 0 Å². The van der Waals surface area contributed by atoms with Crippen molar-refractivity contribution < 1.29 is 17.9 Å². The molecule has 0 unspecified atom stereocenters. The lowest BCUT2D eigenvalue weighted by Crippen LogP contribution is -2.17. The Labute approximate surface area is 144 Å². The molecule has 9 heteroatoms. The van der Waals surface area contributed by atoms with Gasteiger partial charge in [0, 0.05) is 23.5 Å². The minimum absolute atomic E-state index is 0.308. The largest absolute Gasteiger partial charge is 0.573 e. The third-order valence-corrected chi connectivity index (χ3v) is 3.58. The summed E-state index contributed by atoms with van der Waals surface area (Å²) in [5, 5.41) is 4.50. The molecule has 4 rings (SSSR count). The number of benzene rings is 1. The van der Waals surface area contributed by atoms with Crippen molar-refractivity contribution in [2.45, 2.75) is 6.36 Å². The molecule has 0 amide bonds. The molecular formula is C17H10F3N5O. The minimum atomic E-state index is -4.75. The Kier molecular flexibility index (Phi) is 3.76. The van der Waals surface area contributed by atoms with Gasteiger partial charge in [0.25, 0.3) is 0 Å². The molecule has 0 radical (unpaired) electrons. The Morgan fingerprint density at radius 1 is 0.923 bits per heavy atom. The number of halogens is 3. The van der Waals surface area contributed by atoms with Gasteiger partial charge in [0.2, 0.25) is 0 Å². The van der Waals surface area contributed by atoms with Crippen LogP contribution in [0.15, 0.2) is 61.3 Å². The summed E-state index contributed by atoms with van der Waals surface area (Å²) in [6, 6.07) is 9.19. The number of hydrogen-bond donors (Lipinski definition) is 0. The molecule has 130 valence electrons. The lowest BCUT2D eigenvalue weighted by Gasteiger charge is -2.10. The summed E-state index contributed by atoms with van der Waals surface area (Å²) in [5.41, 5.74) is 2.91. The van der Waals surface area contributed by atoms with Gasteiger partial charge in [0.1, 0.15) is 12.1 Å². The molecule has 0 aliphatic carbocycles. The quantitative estimate of drug-likeness (QED) is 0.559. The van der Waals surface area contributed by atoms with E-state index in [2.05, 4.69) is 24.8 Å². The number of nitrogens with zero attached hydrogens (tertiary/aromatic N) is 5. The smallest absolute Gasteiger partial charge is 0.406 e. The number of rotatable bonds is 3. The molecule has 26 heavy (non-hydrogen) atoms. The molecule has 0 aliphatic rings. The standard InChI is InChI=1S/C17H10F3N5O/c18-17(19,20)26-13-3-1-2-11(6-13)15-9-23-16-5-4-14(24-25(15)16)12-7-21-10-22-8-12/h1-10H. The molecule has 0 saturated carbocycles. The van der Waals surface area contributed by atoms with Gasteiger partial charge in [-0.2, -0.15) is 5.10 Å². The summed E-state index contributed by atoms with van der Waals surface area (Å²) in [6.07, 6.45) is 1.44. The molecule has 0 bridgehead atoms. The van der Waals surface area contributed by atoms with Crippen LogP contribution in [0, 0.1) is 0 Å². The third kappa shape index (κ3) is 3.18. The van der Waals surface area contributed by atoms with Gasteiger partial charge < -0.3 is 4.74 Å². The maximum Gasteiger partial charge on any atom is 0.573 e. The maximum absolute atomic E-state index is 12.4. The highest BCUT2D eigenvalue weighted by Gasteiger charge is 2.31. The van der Waals surface area contributed by atoms with Crippen molar-refractivity contribution in [2.24, 2.45) is 0 Å². The summed E-state index contributed by atoms with van der Waals surface area (Å²) in [7, 11) is 0. The highest BCUT2D eigenvalue weighted by molar-refractivity contribution is 5.66. The molecule has 3 heterocycles. The van der Waals surface area contributed by atoms with Gasteiger partial charge in [-0.05, 0) is 24.3 Å². The van der Waals surface area contributed by atoms with Crippen LogP contribution >= 0.6 is 0 Å². The average Bonchev–Trinajstić information content (AvgIpc) is 3.04. The minimum Gasteiger partial charge on any atom is -0.406 e. The van der Waals surface area contributed by atoms with Crippen molar-refractivity contribution in [3.05, 3.63) is 61.3 Å². The highest BCUT2D eigenvalue weighted by atomic mass is 19.4. The zero-order chi connectivity index (χ0) is 18.1. The van der Waals surface area contributed by atoms with Gasteiger partial charge in [-0.3, -0.25) is 0 Å². The van der Waals surface area contributed by atoms with Crippen LogP contribution in [0.3, 0.4) is 0 Å². The number of alkyl halides is 3. The van der Waals surface area contributed by atoms with Crippen LogP contribution in [0.2, 0.25) is 0 Å². The Morgan fingerprint density at radius 2 is 1.73 bits per heavy atom.